The molecule has 0 radical (unpaired) electrons. The van der Waals surface area contributed by atoms with Crippen LogP contribution >= 0.6 is 0 Å². The lowest BCUT2D eigenvalue weighted by atomic mass is 10.2. The average molecular weight is 278 g/mol. The quantitative estimate of drug-likeness (QED) is 0.799. The second-order valence-corrected chi connectivity index (χ2v) is 4.49. The second-order valence-electron chi connectivity index (χ2n) is 4.49. The van der Waals surface area contributed by atoms with Gasteiger partial charge in [-0.1, -0.05) is 12.1 Å². The Bertz CT molecular complexity index is 504. The molecule has 0 saturated heterocycles. The normalized spacial score (nSPS) is 17.4. The molecule has 1 atom stereocenters. The summed E-state index contributed by atoms with van der Waals surface area (Å²) in [6.45, 7) is 2.52. The summed E-state index contributed by atoms with van der Waals surface area (Å²) in [5, 5.41) is 2.70. The molecule has 0 bridgehead atoms. The van der Waals surface area contributed by atoms with Crippen molar-refractivity contribution in [1.29, 1.82) is 0 Å². The number of nitrogens with zero attached hydrogens (tertiary/aromatic N) is 1. The molecule has 6 heteroatoms. The number of benzene rings is 1. The van der Waals surface area contributed by atoms with Crippen LogP contribution in [0, 0.1) is 0 Å². The minimum atomic E-state index is -0.586. The number of carbonyl (C=O) groups excluding carboxylic acids is 2. The monoisotopic (exact) mass is 278 g/mol. The van der Waals surface area contributed by atoms with Gasteiger partial charge in [-0.15, -0.1) is 0 Å². The maximum Gasteiger partial charge on any atom is 0.268 e. The Balaban J connectivity index is 2.09. The van der Waals surface area contributed by atoms with Crippen molar-refractivity contribution in [3.63, 3.8) is 0 Å². The number of fused-ring (bicyclic) bond motifs is 1. The van der Waals surface area contributed by atoms with E-state index in [1.54, 1.807) is 32.2 Å². The molecule has 1 aromatic rings. The predicted octanol–water partition coefficient (Wildman–Crippen LogP) is 0.563. The van der Waals surface area contributed by atoms with E-state index < -0.39 is 6.10 Å². The largest absolute Gasteiger partial charge is 0.479 e. The molecule has 0 fully saturated rings. The predicted molar refractivity (Wildman–Crippen MR) is 73.8 cm³/mol. The number of methoxy groups -OCH3 is 1. The van der Waals surface area contributed by atoms with Crippen molar-refractivity contribution in [3.05, 3.63) is 24.3 Å². The molecule has 0 saturated carbocycles. The molecule has 0 spiro atoms. The molecule has 0 unspecified atom stereocenters. The smallest absolute Gasteiger partial charge is 0.268 e. The number of nitrogens with one attached hydrogen (secondary N) is 1. The molecular weight excluding hydrogens is 260 g/mol. The fraction of sp³-hybridized carbons (Fsp3) is 0.429. The van der Waals surface area contributed by atoms with Crippen molar-refractivity contribution < 1.29 is 19.1 Å². The van der Waals surface area contributed by atoms with Gasteiger partial charge in [0.15, 0.2) is 6.10 Å². The Morgan fingerprint density at radius 2 is 2.20 bits per heavy atom. The van der Waals surface area contributed by atoms with Gasteiger partial charge in [-0.2, -0.15) is 0 Å². The summed E-state index contributed by atoms with van der Waals surface area (Å²) >= 11 is 0. The van der Waals surface area contributed by atoms with Crippen LogP contribution in [0.2, 0.25) is 0 Å². The zero-order chi connectivity index (χ0) is 14.5. The standard InChI is InChI=1S/C14H18N2O4/c1-10-14(18)16(9-13(17)15-7-8-19-2)11-5-3-4-6-12(11)20-10/h3-6,10H,7-9H2,1-2H3,(H,15,17)/t10-/m0/s1. The number of hydrogen-bond acceptors (Lipinski definition) is 4. The first-order valence-corrected chi connectivity index (χ1v) is 6.46. The van der Waals surface area contributed by atoms with E-state index in [0.29, 0.717) is 24.6 Å². The van der Waals surface area contributed by atoms with Crippen LogP contribution in [0.3, 0.4) is 0 Å². The molecule has 2 rings (SSSR count). The third kappa shape index (κ3) is 3.08. The lowest BCUT2D eigenvalue weighted by molar-refractivity contribution is -0.128. The molecule has 108 valence electrons. The van der Waals surface area contributed by atoms with Gasteiger partial charge >= 0.3 is 0 Å². The van der Waals surface area contributed by atoms with Crippen LogP contribution in [-0.2, 0) is 14.3 Å². The van der Waals surface area contributed by atoms with Gasteiger partial charge in [0.05, 0.1) is 12.3 Å². The highest BCUT2D eigenvalue weighted by Crippen LogP contribution is 2.33. The molecule has 0 aliphatic carbocycles. The Morgan fingerprint density at radius 3 is 2.95 bits per heavy atom. The van der Waals surface area contributed by atoms with Crippen LogP contribution < -0.4 is 15.0 Å². The number of para-hydroxylation sites is 2. The first-order valence-electron chi connectivity index (χ1n) is 6.46. The van der Waals surface area contributed by atoms with Crippen molar-refractivity contribution >= 4 is 17.5 Å². The number of carbonyl (C=O) groups is 2. The first kappa shape index (κ1) is 14.3. The Kier molecular flexibility index (Phi) is 4.57. The van der Waals surface area contributed by atoms with E-state index in [1.165, 1.54) is 4.90 Å². The van der Waals surface area contributed by atoms with Gasteiger partial charge < -0.3 is 14.8 Å². The van der Waals surface area contributed by atoms with Gasteiger partial charge in [-0.05, 0) is 19.1 Å². The third-order valence-corrected chi connectivity index (χ3v) is 3.00. The summed E-state index contributed by atoms with van der Waals surface area (Å²) in [6.07, 6.45) is -0.586. The summed E-state index contributed by atoms with van der Waals surface area (Å²) in [5.74, 6) is 0.175. The highest BCUT2D eigenvalue weighted by molar-refractivity contribution is 6.03. The number of anilines is 1. The van der Waals surface area contributed by atoms with Crippen LogP contribution in [0.25, 0.3) is 0 Å². The van der Waals surface area contributed by atoms with Crippen LogP contribution in [0.4, 0.5) is 5.69 Å². The van der Waals surface area contributed by atoms with Gasteiger partial charge in [-0.3, -0.25) is 14.5 Å². The summed E-state index contributed by atoms with van der Waals surface area (Å²) in [5.41, 5.74) is 0.623. The number of rotatable bonds is 5. The van der Waals surface area contributed by atoms with E-state index in [1.807, 2.05) is 6.07 Å². The second kappa shape index (κ2) is 6.38. The molecule has 2 amide bonds. The van der Waals surface area contributed by atoms with Gasteiger partial charge in [0.2, 0.25) is 5.91 Å². The highest BCUT2D eigenvalue weighted by atomic mass is 16.5. The van der Waals surface area contributed by atoms with E-state index in [4.69, 9.17) is 9.47 Å². The van der Waals surface area contributed by atoms with Gasteiger partial charge in [0.1, 0.15) is 12.3 Å². The summed E-state index contributed by atoms with van der Waals surface area (Å²) in [4.78, 5) is 25.4. The van der Waals surface area contributed by atoms with E-state index in [9.17, 15) is 9.59 Å². The first-order chi connectivity index (χ1) is 9.63. The topological polar surface area (TPSA) is 67.9 Å². The van der Waals surface area contributed by atoms with E-state index in [0.717, 1.165) is 0 Å². The van der Waals surface area contributed by atoms with Crippen LogP contribution in [0.5, 0.6) is 5.75 Å². The minimum absolute atomic E-state index is 0.0206. The molecule has 1 aromatic carbocycles. The van der Waals surface area contributed by atoms with Gasteiger partial charge in [0, 0.05) is 13.7 Å². The van der Waals surface area contributed by atoms with Crippen molar-refractivity contribution in [1.82, 2.24) is 5.32 Å². The molecular formula is C14H18N2O4. The lowest BCUT2D eigenvalue weighted by Crippen LogP contribution is -2.49. The Morgan fingerprint density at radius 1 is 1.45 bits per heavy atom. The van der Waals surface area contributed by atoms with Crippen molar-refractivity contribution in [2.24, 2.45) is 0 Å². The number of hydrogen-bond donors (Lipinski definition) is 1. The Hall–Kier alpha value is -2.08. The molecule has 1 N–H and O–H groups in total. The molecule has 1 heterocycles. The molecule has 20 heavy (non-hydrogen) atoms. The van der Waals surface area contributed by atoms with Crippen molar-refractivity contribution in [2.45, 2.75) is 13.0 Å². The number of ether oxygens (including phenoxy) is 2. The van der Waals surface area contributed by atoms with Crippen LogP contribution in [0.1, 0.15) is 6.92 Å². The fourth-order valence-corrected chi connectivity index (χ4v) is 2.01. The average Bonchev–Trinajstić information content (AvgIpc) is 2.44. The summed E-state index contributed by atoms with van der Waals surface area (Å²) in [6, 6.07) is 7.19. The van der Waals surface area contributed by atoms with E-state index in [2.05, 4.69) is 5.32 Å². The van der Waals surface area contributed by atoms with Crippen molar-refractivity contribution in [3.8, 4) is 5.75 Å². The van der Waals surface area contributed by atoms with Crippen LogP contribution in [0.15, 0.2) is 24.3 Å². The molecule has 1 aliphatic rings. The summed E-state index contributed by atoms with van der Waals surface area (Å²) in [7, 11) is 1.57. The van der Waals surface area contributed by atoms with Crippen LogP contribution in [-0.4, -0.2) is 44.7 Å². The highest BCUT2D eigenvalue weighted by Gasteiger charge is 2.32. The third-order valence-electron chi connectivity index (χ3n) is 3.00. The molecule has 0 aromatic heterocycles. The maximum atomic E-state index is 12.1. The van der Waals surface area contributed by atoms with Gasteiger partial charge in [0.25, 0.3) is 5.91 Å². The van der Waals surface area contributed by atoms with E-state index >= 15 is 0 Å². The SMILES string of the molecule is COCCNC(=O)CN1C(=O)[C@H](C)Oc2ccccc21. The summed E-state index contributed by atoms with van der Waals surface area (Å²) < 4.78 is 10.4. The zero-order valence-corrected chi connectivity index (χ0v) is 11.6. The minimum Gasteiger partial charge on any atom is -0.479 e. The van der Waals surface area contributed by atoms with Gasteiger partial charge in [-0.25, -0.2) is 0 Å². The number of amides is 2. The lowest BCUT2D eigenvalue weighted by Gasteiger charge is -2.32. The molecule has 1 aliphatic heterocycles. The zero-order valence-electron chi connectivity index (χ0n) is 11.6. The fourth-order valence-electron chi connectivity index (χ4n) is 2.01. The Labute approximate surface area is 117 Å². The van der Waals surface area contributed by atoms with Crippen molar-refractivity contribution in [2.75, 3.05) is 31.7 Å². The maximum absolute atomic E-state index is 12.1. The molecule has 6 nitrogen and oxygen atoms in total. The van der Waals surface area contributed by atoms with E-state index in [-0.39, 0.29) is 18.4 Å².